The van der Waals surface area contributed by atoms with Crippen molar-refractivity contribution in [2.24, 2.45) is 0 Å². The van der Waals surface area contributed by atoms with Crippen LogP contribution in [-0.4, -0.2) is 11.6 Å². The first-order valence-corrected chi connectivity index (χ1v) is 6.41. The molecule has 1 atom stereocenters. The van der Waals surface area contributed by atoms with E-state index in [1.807, 2.05) is 36.4 Å². The zero-order valence-corrected chi connectivity index (χ0v) is 10.6. The Morgan fingerprint density at radius 2 is 2.05 bits per heavy atom. The van der Waals surface area contributed by atoms with Gasteiger partial charge in [-0.2, -0.15) is 0 Å². The summed E-state index contributed by atoms with van der Waals surface area (Å²) in [5, 5.41) is 3.44. The summed E-state index contributed by atoms with van der Waals surface area (Å²) in [6.07, 6.45) is 0. The van der Waals surface area contributed by atoms with E-state index in [1.54, 1.807) is 6.07 Å². The van der Waals surface area contributed by atoms with Gasteiger partial charge in [-0.05, 0) is 29.8 Å². The van der Waals surface area contributed by atoms with Crippen molar-refractivity contribution >= 4 is 16.8 Å². The van der Waals surface area contributed by atoms with Gasteiger partial charge in [-0.15, -0.1) is 0 Å². The average molecular weight is 268 g/mol. The number of para-hydroxylation sites is 2. The molecule has 2 heterocycles. The molecule has 1 unspecified atom stereocenters. The molecule has 1 aliphatic rings. The molecule has 100 valence electrons. The number of anilines is 1. The van der Waals surface area contributed by atoms with Gasteiger partial charge in [0.1, 0.15) is 12.4 Å². The van der Waals surface area contributed by atoms with Crippen molar-refractivity contribution in [1.82, 2.24) is 4.98 Å². The van der Waals surface area contributed by atoms with Gasteiger partial charge in [0.15, 0.2) is 5.58 Å². The van der Waals surface area contributed by atoms with E-state index in [0.29, 0.717) is 17.7 Å². The monoisotopic (exact) mass is 268 g/mol. The van der Waals surface area contributed by atoms with Crippen molar-refractivity contribution < 1.29 is 9.15 Å². The molecule has 0 bridgehead atoms. The topological polar surface area (TPSA) is 67.3 Å². The Bertz CT molecular complexity index is 834. The Morgan fingerprint density at radius 3 is 3.00 bits per heavy atom. The van der Waals surface area contributed by atoms with Gasteiger partial charge in [0.05, 0.1) is 17.2 Å². The number of ether oxygens (including phenoxy) is 1. The predicted molar refractivity (Wildman–Crippen MR) is 75.1 cm³/mol. The first-order chi connectivity index (χ1) is 9.79. The molecule has 0 saturated carbocycles. The Balaban J connectivity index is 1.71. The summed E-state index contributed by atoms with van der Waals surface area (Å²) >= 11 is 0. The Kier molecular flexibility index (Phi) is 2.32. The van der Waals surface area contributed by atoms with Crippen LogP contribution in [0.15, 0.2) is 51.7 Å². The highest BCUT2D eigenvalue weighted by atomic mass is 16.5. The van der Waals surface area contributed by atoms with Crippen LogP contribution >= 0.6 is 0 Å². The van der Waals surface area contributed by atoms with Crippen molar-refractivity contribution in [1.29, 1.82) is 0 Å². The molecular formula is C15H12N2O3. The maximum absolute atomic E-state index is 11.2. The van der Waals surface area contributed by atoms with E-state index >= 15 is 0 Å². The molecule has 0 aliphatic carbocycles. The number of nitrogens with one attached hydrogen (secondary N) is 2. The van der Waals surface area contributed by atoms with E-state index in [2.05, 4.69) is 10.3 Å². The second-order valence-corrected chi connectivity index (χ2v) is 4.77. The normalized spacial score (nSPS) is 17.3. The molecule has 0 radical (unpaired) electrons. The summed E-state index contributed by atoms with van der Waals surface area (Å²) in [4.78, 5) is 13.8. The number of benzene rings is 2. The molecular weight excluding hydrogens is 256 g/mol. The smallest absolute Gasteiger partial charge is 0.417 e. The van der Waals surface area contributed by atoms with E-state index in [1.165, 1.54) is 0 Å². The fourth-order valence-corrected chi connectivity index (χ4v) is 2.48. The SMILES string of the molecule is O=c1[nH]c2cc(C3COc4ccccc4N3)ccc2o1. The number of oxazole rings is 1. The van der Waals surface area contributed by atoms with Gasteiger partial charge in [-0.3, -0.25) is 4.98 Å². The highest BCUT2D eigenvalue weighted by Crippen LogP contribution is 2.33. The highest BCUT2D eigenvalue weighted by Gasteiger charge is 2.20. The van der Waals surface area contributed by atoms with Gasteiger partial charge in [0, 0.05) is 0 Å². The summed E-state index contributed by atoms with van der Waals surface area (Å²) in [5.74, 6) is 0.428. The largest absolute Gasteiger partial charge is 0.489 e. The zero-order valence-electron chi connectivity index (χ0n) is 10.6. The lowest BCUT2D eigenvalue weighted by Crippen LogP contribution is -2.23. The minimum absolute atomic E-state index is 0.0488. The van der Waals surface area contributed by atoms with Crippen LogP contribution in [-0.2, 0) is 0 Å². The molecule has 20 heavy (non-hydrogen) atoms. The molecule has 5 heteroatoms. The molecule has 2 aromatic carbocycles. The van der Waals surface area contributed by atoms with Crippen molar-refractivity contribution in [2.75, 3.05) is 11.9 Å². The number of fused-ring (bicyclic) bond motifs is 2. The van der Waals surface area contributed by atoms with Crippen molar-refractivity contribution in [3.63, 3.8) is 0 Å². The minimum atomic E-state index is -0.435. The molecule has 3 aromatic rings. The minimum Gasteiger partial charge on any atom is -0.489 e. The summed E-state index contributed by atoms with van der Waals surface area (Å²) < 4.78 is 10.8. The highest BCUT2D eigenvalue weighted by molar-refractivity contribution is 5.73. The van der Waals surface area contributed by atoms with Gasteiger partial charge in [-0.1, -0.05) is 18.2 Å². The van der Waals surface area contributed by atoms with Crippen LogP contribution < -0.4 is 15.8 Å². The second kappa shape index (κ2) is 4.16. The fraction of sp³-hybridized carbons (Fsp3) is 0.133. The van der Waals surface area contributed by atoms with E-state index in [4.69, 9.17) is 9.15 Å². The summed E-state index contributed by atoms with van der Waals surface area (Å²) in [6.45, 7) is 0.546. The second-order valence-electron chi connectivity index (χ2n) is 4.77. The van der Waals surface area contributed by atoms with Crippen molar-refractivity contribution in [3.8, 4) is 5.75 Å². The van der Waals surface area contributed by atoms with Crippen LogP contribution in [0.4, 0.5) is 5.69 Å². The predicted octanol–water partition coefficient (Wildman–Crippen LogP) is 2.67. The average Bonchev–Trinajstić information content (AvgIpc) is 2.85. The fourth-order valence-electron chi connectivity index (χ4n) is 2.48. The summed E-state index contributed by atoms with van der Waals surface area (Å²) in [6, 6.07) is 13.5. The van der Waals surface area contributed by atoms with E-state index in [-0.39, 0.29) is 6.04 Å². The molecule has 1 aromatic heterocycles. The number of rotatable bonds is 1. The third-order valence-electron chi connectivity index (χ3n) is 3.47. The number of H-pyrrole nitrogens is 1. The first kappa shape index (κ1) is 11.2. The van der Waals surface area contributed by atoms with Gasteiger partial charge < -0.3 is 14.5 Å². The molecule has 0 amide bonds. The molecule has 0 spiro atoms. The number of aromatic nitrogens is 1. The Morgan fingerprint density at radius 1 is 1.15 bits per heavy atom. The van der Waals surface area contributed by atoms with Gasteiger partial charge in [0.25, 0.3) is 0 Å². The number of hydrogen-bond acceptors (Lipinski definition) is 4. The van der Waals surface area contributed by atoms with E-state index < -0.39 is 5.76 Å². The van der Waals surface area contributed by atoms with E-state index in [0.717, 1.165) is 17.0 Å². The lowest BCUT2D eigenvalue weighted by molar-refractivity contribution is 0.286. The Labute approximate surface area is 114 Å². The molecule has 0 fully saturated rings. The molecule has 4 rings (SSSR count). The quantitative estimate of drug-likeness (QED) is 0.712. The maximum atomic E-state index is 11.2. The first-order valence-electron chi connectivity index (χ1n) is 6.41. The lowest BCUT2D eigenvalue weighted by atomic mass is 10.1. The molecule has 2 N–H and O–H groups in total. The van der Waals surface area contributed by atoms with Crippen LogP contribution in [0.3, 0.4) is 0 Å². The van der Waals surface area contributed by atoms with Crippen molar-refractivity contribution in [3.05, 3.63) is 58.6 Å². The third kappa shape index (κ3) is 1.75. The number of aromatic amines is 1. The van der Waals surface area contributed by atoms with E-state index in [9.17, 15) is 4.79 Å². The Hall–Kier alpha value is -2.69. The third-order valence-corrected chi connectivity index (χ3v) is 3.47. The van der Waals surface area contributed by atoms with Gasteiger partial charge in [0.2, 0.25) is 0 Å². The molecule has 5 nitrogen and oxygen atoms in total. The van der Waals surface area contributed by atoms with Gasteiger partial charge >= 0.3 is 5.76 Å². The van der Waals surface area contributed by atoms with Crippen LogP contribution in [0.5, 0.6) is 5.75 Å². The summed E-state index contributed by atoms with van der Waals surface area (Å²) in [7, 11) is 0. The van der Waals surface area contributed by atoms with Crippen molar-refractivity contribution in [2.45, 2.75) is 6.04 Å². The zero-order chi connectivity index (χ0) is 13.5. The standard InChI is InChI=1S/C15H12N2O3/c18-15-17-11-7-9(5-6-14(11)20-15)12-8-19-13-4-2-1-3-10(13)16-12/h1-7,12,16H,8H2,(H,17,18). The van der Waals surface area contributed by atoms with Crippen LogP contribution in [0.25, 0.3) is 11.1 Å². The van der Waals surface area contributed by atoms with Crippen LogP contribution in [0, 0.1) is 0 Å². The summed E-state index contributed by atoms with van der Waals surface area (Å²) in [5.41, 5.74) is 3.29. The van der Waals surface area contributed by atoms with Crippen LogP contribution in [0.2, 0.25) is 0 Å². The maximum Gasteiger partial charge on any atom is 0.417 e. The van der Waals surface area contributed by atoms with Gasteiger partial charge in [-0.25, -0.2) is 4.79 Å². The molecule has 1 aliphatic heterocycles. The molecule has 0 saturated heterocycles. The lowest BCUT2D eigenvalue weighted by Gasteiger charge is -2.27. The number of hydrogen-bond donors (Lipinski definition) is 2. The van der Waals surface area contributed by atoms with Crippen LogP contribution in [0.1, 0.15) is 11.6 Å².